The van der Waals surface area contributed by atoms with Crippen molar-refractivity contribution < 1.29 is 0 Å². The Balaban J connectivity index is 1.26. The molecule has 0 aliphatic heterocycles. The van der Waals surface area contributed by atoms with Gasteiger partial charge in [0, 0.05) is 22.3 Å². The Morgan fingerprint density at radius 2 is 0.857 bits per heavy atom. The van der Waals surface area contributed by atoms with Gasteiger partial charge in [0.2, 0.25) is 0 Å². The monoisotopic (exact) mass is 718 g/mol. The normalized spacial score (nSPS) is 11.5. The average molecular weight is 719 g/mol. The van der Waals surface area contributed by atoms with Crippen LogP contribution < -0.4 is 0 Å². The predicted octanol–water partition coefficient (Wildman–Crippen LogP) is 13.3. The first-order valence-electron chi connectivity index (χ1n) is 18.9. The molecule has 0 aliphatic carbocycles. The Labute approximate surface area is 327 Å². The quantitative estimate of drug-likeness (QED) is 0.161. The summed E-state index contributed by atoms with van der Waals surface area (Å²) in [6.07, 6.45) is 0. The van der Waals surface area contributed by atoms with Crippen LogP contribution in [0.5, 0.6) is 0 Å². The fraction of sp³-hybridized carbons (Fsp3) is 0.0769. The summed E-state index contributed by atoms with van der Waals surface area (Å²) in [5, 5.41) is 14.4. The van der Waals surface area contributed by atoms with Crippen molar-refractivity contribution in [2.75, 3.05) is 0 Å². The molecule has 4 heteroatoms. The largest absolute Gasteiger partial charge is 0.208 e. The molecule has 9 rings (SSSR count). The predicted molar refractivity (Wildman–Crippen MR) is 231 cm³/mol. The number of hydrogen-bond acceptors (Lipinski definition) is 4. The van der Waals surface area contributed by atoms with Gasteiger partial charge in [0.25, 0.3) is 0 Å². The highest BCUT2D eigenvalue weighted by atomic mass is 15.0. The molecule has 0 unspecified atom stereocenters. The van der Waals surface area contributed by atoms with Crippen LogP contribution >= 0.6 is 0 Å². The molecule has 266 valence electrons. The van der Waals surface area contributed by atoms with Gasteiger partial charge in [-0.15, -0.1) is 0 Å². The summed E-state index contributed by atoms with van der Waals surface area (Å²) >= 11 is 0. The number of fused-ring (bicyclic) bond motifs is 3. The van der Waals surface area contributed by atoms with E-state index in [1.54, 1.807) is 0 Å². The van der Waals surface area contributed by atoms with E-state index in [9.17, 15) is 5.26 Å². The smallest absolute Gasteiger partial charge is 0.165 e. The summed E-state index contributed by atoms with van der Waals surface area (Å²) < 4.78 is 0. The van der Waals surface area contributed by atoms with E-state index in [2.05, 4.69) is 118 Å². The van der Waals surface area contributed by atoms with E-state index in [1.165, 1.54) is 10.9 Å². The Bertz CT molecular complexity index is 2880. The highest BCUT2D eigenvalue weighted by Gasteiger charge is 2.23. The SMILES string of the molecule is CC(C)(C)c1cc(-c2ccc(-c3c(-c4nc(-c5ccccc5)nc(-c5ccccc5)n4)c4ccccc4c4ccccc34)cc2)ccc1-c1ccccc1C#N. The first kappa shape index (κ1) is 34.5. The number of rotatable bonds is 6. The van der Waals surface area contributed by atoms with E-state index >= 15 is 0 Å². The van der Waals surface area contributed by atoms with Crippen molar-refractivity contribution in [1.82, 2.24) is 15.0 Å². The van der Waals surface area contributed by atoms with E-state index in [1.807, 2.05) is 84.9 Å². The van der Waals surface area contributed by atoms with Gasteiger partial charge in [0.05, 0.1) is 11.6 Å². The second-order valence-electron chi connectivity index (χ2n) is 15.1. The van der Waals surface area contributed by atoms with E-state index in [4.69, 9.17) is 15.0 Å². The third-order valence-electron chi connectivity index (χ3n) is 10.5. The number of hydrogen-bond donors (Lipinski definition) is 0. The van der Waals surface area contributed by atoms with E-state index in [-0.39, 0.29) is 5.41 Å². The van der Waals surface area contributed by atoms with Gasteiger partial charge >= 0.3 is 0 Å². The molecule has 0 fully saturated rings. The van der Waals surface area contributed by atoms with E-state index in [0.29, 0.717) is 23.0 Å². The van der Waals surface area contributed by atoms with Gasteiger partial charge in [0.15, 0.2) is 17.5 Å². The summed E-state index contributed by atoms with van der Waals surface area (Å²) in [6, 6.07) is 63.2. The average Bonchev–Trinajstić information content (AvgIpc) is 3.26. The van der Waals surface area contributed by atoms with Crippen LogP contribution in [0.4, 0.5) is 0 Å². The molecular formula is C52H38N4. The van der Waals surface area contributed by atoms with Crippen molar-refractivity contribution >= 4 is 21.5 Å². The Morgan fingerprint density at radius 1 is 0.393 bits per heavy atom. The zero-order valence-electron chi connectivity index (χ0n) is 31.5. The molecule has 0 bridgehead atoms. The highest BCUT2D eigenvalue weighted by molar-refractivity contribution is 6.21. The zero-order valence-corrected chi connectivity index (χ0v) is 31.5. The van der Waals surface area contributed by atoms with E-state index < -0.39 is 0 Å². The number of nitrogens with zero attached hydrogens (tertiary/aromatic N) is 4. The van der Waals surface area contributed by atoms with Gasteiger partial charge in [-0.2, -0.15) is 5.26 Å². The number of benzene rings is 8. The van der Waals surface area contributed by atoms with Crippen molar-refractivity contribution in [3.8, 4) is 73.6 Å². The van der Waals surface area contributed by atoms with Crippen LogP contribution in [0.15, 0.2) is 176 Å². The van der Waals surface area contributed by atoms with Crippen LogP contribution in [0.25, 0.3) is 89.1 Å². The molecule has 0 amide bonds. The van der Waals surface area contributed by atoms with Gasteiger partial charge < -0.3 is 0 Å². The first-order valence-corrected chi connectivity index (χ1v) is 18.9. The van der Waals surface area contributed by atoms with Crippen molar-refractivity contribution in [3.05, 3.63) is 187 Å². The number of aromatic nitrogens is 3. The Kier molecular flexibility index (Phi) is 8.76. The van der Waals surface area contributed by atoms with Crippen molar-refractivity contribution in [2.45, 2.75) is 26.2 Å². The van der Waals surface area contributed by atoms with Gasteiger partial charge in [-0.1, -0.05) is 191 Å². The molecule has 0 N–H and O–H groups in total. The molecule has 9 aromatic rings. The van der Waals surface area contributed by atoms with Crippen LogP contribution in [0.3, 0.4) is 0 Å². The summed E-state index contributed by atoms with van der Waals surface area (Å²) in [5.74, 6) is 1.88. The third-order valence-corrected chi connectivity index (χ3v) is 10.5. The topological polar surface area (TPSA) is 62.5 Å². The molecular weight excluding hydrogens is 681 g/mol. The molecule has 0 radical (unpaired) electrons. The minimum Gasteiger partial charge on any atom is -0.208 e. The molecule has 4 nitrogen and oxygen atoms in total. The number of nitriles is 1. The van der Waals surface area contributed by atoms with E-state index in [0.717, 1.165) is 66.2 Å². The Morgan fingerprint density at radius 3 is 1.43 bits per heavy atom. The molecule has 0 spiro atoms. The van der Waals surface area contributed by atoms with Gasteiger partial charge in [0.1, 0.15) is 0 Å². The van der Waals surface area contributed by atoms with Crippen LogP contribution in [-0.4, -0.2) is 15.0 Å². The summed E-state index contributed by atoms with van der Waals surface area (Å²) in [7, 11) is 0. The molecule has 1 aromatic heterocycles. The van der Waals surface area contributed by atoms with Gasteiger partial charge in [-0.05, 0) is 66.4 Å². The lowest BCUT2D eigenvalue weighted by atomic mass is 9.79. The summed E-state index contributed by atoms with van der Waals surface area (Å²) in [6.45, 7) is 6.69. The van der Waals surface area contributed by atoms with Gasteiger partial charge in [-0.25, -0.2) is 15.0 Å². The van der Waals surface area contributed by atoms with Crippen molar-refractivity contribution in [1.29, 1.82) is 5.26 Å². The lowest BCUT2D eigenvalue weighted by molar-refractivity contribution is 0.592. The molecule has 0 atom stereocenters. The van der Waals surface area contributed by atoms with Crippen LogP contribution in [0.2, 0.25) is 0 Å². The second-order valence-corrected chi connectivity index (χ2v) is 15.1. The second kappa shape index (κ2) is 14.2. The third kappa shape index (κ3) is 6.30. The lowest BCUT2D eigenvalue weighted by Crippen LogP contribution is -2.13. The summed E-state index contributed by atoms with van der Waals surface area (Å²) in [4.78, 5) is 15.5. The maximum absolute atomic E-state index is 9.91. The van der Waals surface area contributed by atoms with Crippen LogP contribution in [0.1, 0.15) is 31.9 Å². The fourth-order valence-electron chi connectivity index (χ4n) is 7.82. The Hall–Kier alpha value is -7.22. The minimum atomic E-state index is -0.144. The maximum Gasteiger partial charge on any atom is 0.165 e. The lowest BCUT2D eigenvalue weighted by Gasteiger charge is -2.25. The first-order chi connectivity index (χ1) is 27.4. The van der Waals surface area contributed by atoms with Crippen molar-refractivity contribution in [2.24, 2.45) is 0 Å². The molecule has 0 saturated heterocycles. The maximum atomic E-state index is 9.91. The standard InChI is InChI=1S/C52H38N4/c1-52(2,3)46-32-38(30-31-43(46)40-21-11-10-20-39(40)33-53)34-26-28-35(29-27-34)47-44-24-14-12-22-41(44)42-23-13-15-25-45(42)48(47)51-55-49(36-16-6-4-7-17-36)54-50(56-51)37-18-8-5-9-19-37/h4-32H,1-3H3. The molecule has 0 saturated carbocycles. The van der Waals surface area contributed by atoms with Crippen LogP contribution in [0, 0.1) is 11.3 Å². The molecule has 8 aromatic carbocycles. The molecule has 56 heavy (non-hydrogen) atoms. The molecule has 1 heterocycles. The van der Waals surface area contributed by atoms with Gasteiger partial charge in [-0.3, -0.25) is 0 Å². The minimum absolute atomic E-state index is 0.144. The van der Waals surface area contributed by atoms with Crippen molar-refractivity contribution in [3.63, 3.8) is 0 Å². The molecule has 0 aliphatic rings. The highest BCUT2D eigenvalue weighted by Crippen LogP contribution is 2.45. The summed E-state index contributed by atoms with van der Waals surface area (Å²) in [5.41, 5.74) is 11.0. The fourth-order valence-corrected chi connectivity index (χ4v) is 7.82. The van der Waals surface area contributed by atoms with Crippen LogP contribution in [-0.2, 0) is 5.41 Å². The zero-order chi connectivity index (χ0) is 38.2.